The molecule has 1 aliphatic heterocycles. The minimum atomic E-state index is -1.14. The molecule has 0 aromatic heterocycles. The van der Waals surface area contributed by atoms with Gasteiger partial charge in [-0.1, -0.05) is 13.8 Å². The Bertz CT molecular complexity index is 899. The number of ether oxygens (including phenoxy) is 2. The summed E-state index contributed by atoms with van der Waals surface area (Å²) >= 11 is 0. The number of carbonyl (C=O) groups is 3. The van der Waals surface area contributed by atoms with Crippen molar-refractivity contribution in [3.63, 3.8) is 0 Å². The average Bonchev–Trinajstić information content (AvgIpc) is 3.10. The van der Waals surface area contributed by atoms with Gasteiger partial charge in [0, 0.05) is 25.7 Å². The van der Waals surface area contributed by atoms with Crippen LogP contribution in [-0.4, -0.2) is 53.2 Å². The molecule has 0 saturated carbocycles. The van der Waals surface area contributed by atoms with Gasteiger partial charge in [-0.15, -0.1) is 4.48 Å². The third-order valence-electron chi connectivity index (χ3n) is 4.53. The lowest BCUT2D eigenvalue weighted by Gasteiger charge is -2.28. The van der Waals surface area contributed by atoms with Crippen LogP contribution in [0.1, 0.15) is 41.0 Å². The van der Waals surface area contributed by atoms with Gasteiger partial charge in [-0.2, -0.15) is 4.79 Å². The van der Waals surface area contributed by atoms with Gasteiger partial charge in [0.15, 0.2) is 5.69 Å². The Balaban J connectivity index is 2.18. The van der Waals surface area contributed by atoms with Gasteiger partial charge in [0.05, 0.1) is 18.5 Å². The van der Waals surface area contributed by atoms with Crippen LogP contribution in [-0.2, 0) is 9.53 Å². The van der Waals surface area contributed by atoms with Crippen LogP contribution in [0, 0.1) is 5.92 Å². The molecule has 9 nitrogen and oxygen atoms in total. The maximum atomic E-state index is 12.3. The molecule has 1 aromatic rings. The largest absolute Gasteiger partial charge is 0.529 e. The molecule has 0 bridgehead atoms. The Hall–Kier alpha value is -3.20. The molecule has 1 heterocycles. The number of carbonyl (C=O) groups excluding carboxylic acids is 2. The number of aliphatic imine (C=N–C) groups is 1. The van der Waals surface area contributed by atoms with E-state index in [1.807, 2.05) is 0 Å². The molecule has 0 fully saturated rings. The average molecular weight is 432 g/mol. The summed E-state index contributed by atoms with van der Waals surface area (Å²) in [5, 5.41) is 10.1. The lowest BCUT2D eigenvalue weighted by Crippen LogP contribution is -2.52. The minimum Gasteiger partial charge on any atom is -0.444 e. The first-order chi connectivity index (χ1) is 14.4. The Morgan fingerprint density at radius 1 is 1.16 bits per heavy atom. The highest BCUT2D eigenvalue weighted by Crippen LogP contribution is 2.32. The van der Waals surface area contributed by atoms with E-state index in [2.05, 4.69) is 4.99 Å². The minimum absolute atomic E-state index is 0.221. The SMILES string of the molecule is CC(C)C(=O)Oc1ccc([N+]2(C(=O)O)C=CN=C2CCN(C)C(=O)OC(C)(C)C)cc1. The standard InChI is InChI=1S/C22H29N3O6/c1-15(2)19(26)30-17-9-7-16(8-10-17)25(21(28)29)14-12-23-18(25)11-13-24(6)20(27)31-22(3,4)5/h7-10,12,14-15H,11,13H2,1-6H3/p+1. The second kappa shape index (κ2) is 9.30. The third kappa shape index (κ3) is 5.69. The molecular weight excluding hydrogens is 402 g/mol. The van der Waals surface area contributed by atoms with Crippen LogP contribution in [0.2, 0.25) is 0 Å². The van der Waals surface area contributed by atoms with Gasteiger partial charge in [-0.3, -0.25) is 4.79 Å². The molecule has 2 amide bonds. The van der Waals surface area contributed by atoms with Crippen molar-refractivity contribution in [3.8, 4) is 5.75 Å². The van der Waals surface area contributed by atoms with Gasteiger partial charge in [-0.05, 0) is 32.9 Å². The van der Waals surface area contributed by atoms with Crippen LogP contribution in [0.3, 0.4) is 0 Å². The summed E-state index contributed by atoms with van der Waals surface area (Å²) in [4.78, 5) is 41.9. The predicted octanol–water partition coefficient (Wildman–Crippen LogP) is 4.37. The maximum absolute atomic E-state index is 12.3. The molecule has 1 atom stereocenters. The van der Waals surface area contributed by atoms with E-state index in [1.165, 1.54) is 17.3 Å². The van der Waals surface area contributed by atoms with Crippen LogP contribution < -0.4 is 9.22 Å². The van der Waals surface area contributed by atoms with Crippen molar-refractivity contribution < 1.29 is 29.0 Å². The van der Waals surface area contributed by atoms with E-state index in [4.69, 9.17) is 9.47 Å². The summed E-state index contributed by atoms with van der Waals surface area (Å²) in [5.74, 6) is 0.0230. The fraction of sp³-hybridized carbons (Fsp3) is 0.455. The number of nitrogens with zero attached hydrogens (tertiary/aromatic N) is 3. The highest BCUT2D eigenvalue weighted by atomic mass is 16.6. The number of carboxylic acid groups (broad SMARTS) is 1. The normalized spacial score (nSPS) is 18.0. The summed E-state index contributed by atoms with van der Waals surface area (Å²) in [6.45, 7) is 9.02. The van der Waals surface area contributed by atoms with Crippen molar-refractivity contribution >= 4 is 29.7 Å². The first-order valence-corrected chi connectivity index (χ1v) is 10.0. The second-order valence-corrected chi connectivity index (χ2v) is 8.57. The molecule has 1 aliphatic rings. The lowest BCUT2D eigenvalue weighted by atomic mass is 10.2. The van der Waals surface area contributed by atoms with Gasteiger partial charge < -0.3 is 19.5 Å². The van der Waals surface area contributed by atoms with Gasteiger partial charge in [-0.25, -0.2) is 9.79 Å². The molecule has 9 heteroatoms. The highest BCUT2D eigenvalue weighted by Gasteiger charge is 2.46. The number of esters is 1. The molecular formula is C22H30N3O6+. The van der Waals surface area contributed by atoms with Gasteiger partial charge >= 0.3 is 18.2 Å². The number of quaternary nitrogens is 1. The summed E-state index contributed by atoms with van der Waals surface area (Å²) in [7, 11) is 1.59. The van der Waals surface area contributed by atoms with Crippen LogP contribution in [0.4, 0.5) is 15.3 Å². The Morgan fingerprint density at radius 3 is 2.29 bits per heavy atom. The summed E-state index contributed by atoms with van der Waals surface area (Å²) in [6, 6.07) is 6.27. The van der Waals surface area contributed by atoms with Crippen LogP contribution in [0.15, 0.2) is 41.7 Å². The Labute approximate surface area is 182 Å². The molecule has 1 unspecified atom stereocenters. The van der Waals surface area contributed by atoms with Crippen molar-refractivity contribution in [2.24, 2.45) is 10.9 Å². The third-order valence-corrected chi connectivity index (χ3v) is 4.53. The van der Waals surface area contributed by atoms with Crippen molar-refractivity contribution in [1.29, 1.82) is 0 Å². The maximum Gasteiger partial charge on any atom is 0.529 e. The van der Waals surface area contributed by atoms with E-state index in [-0.39, 0.29) is 24.9 Å². The Kier molecular flexibility index (Phi) is 7.22. The number of rotatable bonds is 6. The van der Waals surface area contributed by atoms with Crippen molar-refractivity contribution in [3.05, 3.63) is 36.7 Å². The molecule has 168 valence electrons. The van der Waals surface area contributed by atoms with E-state index < -0.39 is 22.3 Å². The van der Waals surface area contributed by atoms with Crippen molar-refractivity contribution in [2.75, 3.05) is 13.6 Å². The monoisotopic (exact) mass is 432 g/mol. The zero-order chi connectivity index (χ0) is 23.4. The second-order valence-electron chi connectivity index (χ2n) is 8.57. The Morgan fingerprint density at radius 2 is 1.77 bits per heavy atom. The number of amidine groups is 1. The summed E-state index contributed by atoms with van der Waals surface area (Å²) in [6.07, 6.45) is 1.48. The first kappa shape index (κ1) is 24.1. The van der Waals surface area contributed by atoms with Gasteiger partial charge in [0.25, 0.3) is 0 Å². The van der Waals surface area contributed by atoms with E-state index in [0.717, 1.165) is 0 Å². The quantitative estimate of drug-likeness (QED) is 0.406. The molecule has 1 aromatic carbocycles. The summed E-state index contributed by atoms with van der Waals surface area (Å²) < 4.78 is 9.96. The molecule has 0 aliphatic carbocycles. The molecule has 0 spiro atoms. The zero-order valence-corrected chi connectivity index (χ0v) is 18.8. The van der Waals surface area contributed by atoms with Crippen LogP contribution >= 0.6 is 0 Å². The number of hydrogen-bond acceptors (Lipinski definition) is 6. The van der Waals surface area contributed by atoms with E-state index in [9.17, 15) is 19.5 Å². The summed E-state index contributed by atoms with van der Waals surface area (Å²) in [5.41, 5.74) is -0.205. The number of amides is 2. The fourth-order valence-corrected chi connectivity index (χ4v) is 2.84. The fourth-order valence-electron chi connectivity index (χ4n) is 2.84. The van der Waals surface area contributed by atoms with Crippen molar-refractivity contribution in [1.82, 2.24) is 9.38 Å². The van der Waals surface area contributed by atoms with Crippen LogP contribution in [0.25, 0.3) is 0 Å². The van der Waals surface area contributed by atoms with E-state index in [0.29, 0.717) is 17.3 Å². The molecule has 2 rings (SSSR count). The molecule has 0 radical (unpaired) electrons. The van der Waals surface area contributed by atoms with E-state index in [1.54, 1.807) is 65.9 Å². The molecule has 0 saturated heterocycles. The predicted molar refractivity (Wildman–Crippen MR) is 117 cm³/mol. The van der Waals surface area contributed by atoms with Crippen molar-refractivity contribution in [2.45, 2.75) is 46.6 Å². The highest BCUT2D eigenvalue weighted by molar-refractivity contribution is 6.11. The van der Waals surface area contributed by atoms with E-state index >= 15 is 0 Å². The van der Waals surface area contributed by atoms with Crippen LogP contribution in [0.5, 0.6) is 5.75 Å². The van der Waals surface area contributed by atoms with Gasteiger partial charge in [0.1, 0.15) is 17.6 Å². The molecule has 31 heavy (non-hydrogen) atoms. The smallest absolute Gasteiger partial charge is 0.444 e. The number of benzene rings is 1. The topological polar surface area (TPSA) is 106 Å². The lowest BCUT2D eigenvalue weighted by molar-refractivity contribution is -0.137. The molecule has 1 N–H and O–H groups in total. The first-order valence-electron chi connectivity index (χ1n) is 10.0. The van der Waals surface area contributed by atoms with Gasteiger partial charge in [0.2, 0.25) is 5.84 Å². The number of hydrogen-bond donors (Lipinski definition) is 1. The zero-order valence-electron chi connectivity index (χ0n) is 18.8.